The van der Waals surface area contributed by atoms with E-state index in [4.69, 9.17) is 4.74 Å². The van der Waals surface area contributed by atoms with Crippen molar-refractivity contribution in [2.45, 2.75) is 44.8 Å². The molecule has 1 rings (SSSR count). The maximum Gasteiger partial charge on any atom is 0.471 e. The van der Waals surface area contributed by atoms with Crippen molar-refractivity contribution in [3.05, 3.63) is 0 Å². The van der Waals surface area contributed by atoms with Gasteiger partial charge in [0.05, 0.1) is 12.5 Å². The molecule has 0 spiro atoms. The molecule has 0 saturated heterocycles. The highest BCUT2D eigenvalue weighted by Gasteiger charge is 2.40. The van der Waals surface area contributed by atoms with Crippen LogP contribution >= 0.6 is 0 Å². The Balaban J connectivity index is 2.49. The summed E-state index contributed by atoms with van der Waals surface area (Å²) in [6.45, 7) is 1.92. The minimum absolute atomic E-state index is 0.209. The minimum Gasteiger partial charge on any atom is -0.466 e. The fourth-order valence-electron chi connectivity index (χ4n) is 2.06. The summed E-state index contributed by atoms with van der Waals surface area (Å²) >= 11 is 0. The average molecular weight is 267 g/mol. The van der Waals surface area contributed by atoms with Crippen molar-refractivity contribution in [2.24, 2.45) is 5.92 Å². The van der Waals surface area contributed by atoms with Crippen LogP contribution in [0.4, 0.5) is 13.2 Å². The van der Waals surface area contributed by atoms with Crippen LogP contribution in [0.1, 0.15) is 32.6 Å². The van der Waals surface area contributed by atoms with Gasteiger partial charge in [-0.25, -0.2) is 0 Å². The summed E-state index contributed by atoms with van der Waals surface area (Å²) < 4.78 is 41.1. The van der Waals surface area contributed by atoms with E-state index < -0.39 is 30.0 Å². The van der Waals surface area contributed by atoms with Crippen LogP contribution in [-0.4, -0.2) is 30.7 Å². The quantitative estimate of drug-likeness (QED) is 0.793. The largest absolute Gasteiger partial charge is 0.471 e. The molecule has 0 bridgehead atoms. The summed E-state index contributed by atoms with van der Waals surface area (Å²) in [6.07, 6.45) is -3.02. The number of hydrogen-bond donors (Lipinski definition) is 1. The smallest absolute Gasteiger partial charge is 0.466 e. The molecule has 0 aliphatic heterocycles. The Labute approximate surface area is 103 Å². The molecular formula is C11H16F3NO3. The predicted octanol–water partition coefficient (Wildman–Crippen LogP) is 1.79. The Morgan fingerprint density at radius 1 is 1.33 bits per heavy atom. The van der Waals surface area contributed by atoms with Crippen molar-refractivity contribution in [3.8, 4) is 0 Å². The van der Waals surface area contributed by atoms with E-state index in [1.54, 1.807) is 6.92 Å². The molecule has 0 radical (unpaired) electrons. The highest BCUT2D eigenvalue weighted by Crippen LogP contribution is 2.26. The number of esters is 1. The second-order valence-electron chi connectivity index (χ2n) is 4.28. The molecule has 2 atom stereocenters. The molecule has 7 heteroatoms. The van der Waals surface area contributed by atoms with Gasteiger partial charge in [0.25, 0.3) is 0 Å². The maximum absolute atomic E-state index is 12.1. The first-order chi connectivity index (χ1) is 8.34. The van der Waals surface area contributed by atoms with Crippen molar-refractivity contribution in [2.75, 3.05) is 6.61 Å². The molecule has 104 valence electrons. The average Bonchev–Trinajstić information content (AvgIpc) is 2.28. The van der Waals surface area contributed by atoms with Gasteiger partial charge < -0.3 is 10.1 Å². The fraction of sp³-hybridized carbons (Fsp3) is 0.818. The molecule has 1 saturated carbocycles. The lowest BCUT2D eigenvalue weighted by Crippen LogP contribution is -2.45. The first-order valence-electron chi connectivity index (χ1n) is 5.89. The predicted molar refractivity (Wildman–Crippen MR) is 56.6 cm³/mol. The summed E-state index contributed by atoms with van der Waals surface area (Å²) in [5.74, 6) is -2.77. The van der Waals surface area contributed by atoms with Crippen LogP contribution in [0.2, 0.25) is 0 Å². The number of alkyl halides is 3. The highest BCUT2D eigenvalue weighted by molar-refractivity contribution is 5.82. The molecule has 0 aromatic heterocycles. The van der Waals surface area contributed by atoms with Crippen LogP contribution in [0.3, 0.4) is 0 Å². The summed E-state index contributed by atoms with van der Waals surface area (Å²) in [5, 5.41) is 1.91. The van der Waals surface area contributed by atoms with Crippen molar-refractivity contribution in [3.63, 3.8) is 0 Å². The van der Waals surface area contributed by atoms with Crippen LogP contribution in [0.5, 0.6) is 0 Å². The van der Waals surface area contributed by atoms with Gasteiger partial charge in [0.1, 0.15) is 0 Å². The summed E-state index contributed by atoms with van der Waals surface area (Å²) in [4.78, 5) is 22.3. The number of amides is 1. The van der Waals surface area contributed by atoms with Gasteiger partial charge in [0, 0.05) is 6.04 Å². The van der Waals surface area contributed by atoms with Crippen molar-refractivity contribution in [1.82, 2.24) is 5.32 Å². The number of hydrogen-bond acceptors (Lipinski definition) is 3. The summed E-state index contributed by atoms with van der Waals surface area (Å²) in [7, 11) is 0. The lowest BCUT2D eigenvalue weighted by molar-refractivity contribution is -0.174. The Morgan fingerprint density at radius 3 is 2.56 bits per heavy atom. The standard InChI is InChI=1S/C11H16F3NO3/c1-2-18-9(16)7-4-3-5-8(6-7)15-10(17)11(12,13)14/h7-8H,2-6H2,1H3,(H,15,17). The van der Waals surface area contributed by atoms with E-state index in [0.29, 0.717) is 19.3 Å². The van der Waals surface area contributed by atoms with Gasteiger partial charge in [-0.05, 0) is 26.2 Å². The maximum atomic E-state index is 12.1. The SMILES string of the molecule is CCOC(=O)C1CCCC(NC(=O)C(F)(F)F)C1. The summed E-state index contributed by atoms with van der Waals surface area (Å²) in [5.41, 5.74) is 0. The molecule has 1 N–H and O–H groups in total. The number of halogens is 3. The monoisotopic (exact) mass is 267 g/mol. The molecule has 2 unspecified atom stereocenters. The Morgan fingerprint density at radius 2 is 2.00 bits per heavy atom. The van der Waals surface area contributed by atoms with Crippen molar-refractivity contribution in [1.29, 1.82) is 0 Å². The second kappa shape index (κ2) is 6.06. The zero-order valence-electron chi connectivity index (χ0n) is 10.0. The van der Waals surface area contributed by atoms with E-state index in [0.717, 1.165) is 0 Å². The van der Waals surface area contributed by atoms with Crippen LogP contribution in [0.15, 0.2) is 0 Å². The molecule has 1 aliphatic rings. The lowest BCUT2D eigenvalue weighted by Gasteiger charge is -2.28. The third-order valence-electron chi connectivity index (χ3n) is 2.89. The normalized spacial score (nSPS) is 24.4. The number of nitrogens with one attached hydrogen (secondary N) is 1. The Kier molecular flexibility index (Phi) is 4.98. The first kappa shape index (κ1) is 14.8. The third kappa shape index (κ3) is 4.19. The molecule has 0 aromatic rings. The zero-order chi connectivity index (χ0) is 13.8. The van der Waals surface area contributed by atoms with Gasteiger partial charge in [-0.2, -0.15) is 13.2 Å². The lowest BCUT2D eigenvalue weighted by atomic mass is 9.85. The molecule has 1 aliphatic carbocycles. The van der Waals surface area contributed by atoms with E-state index >= 15 is 0 Å². The molecule has 1 amide bonds. The van der Waals surface area contributed by atoms with Gasteiger partial charge in [-0.15, -0.1) is 0 Å². The van der Waals surface area contributed by atoms with Gasteiger partial charge in [0.2, 0.25) is 0 Å². The molecular weight excluding hydrogens is 251 g/mol. The van der Waals surface area contributed by atoms with Gasteiger partial charge >= 0.3 is 18.1 Å². The minimum atomic E-state index is -4.88. The van der Waals surface area contributed by atoms with Crippen LogP contribution in [0, 0.1) is 5.92 Å². The fourth-order valence-corrected chi connectivity index (χ4v) is 2.06. The van der Waals surface area contributed by atoms with Crippen LogP contribution in [0.25, 0.3) is 0 Å². The number of carbonyl (C=O) groups excluding carboxylic acids is 2. The number of carbonyl (C=O) groups is 2. The first-order valence-corrected chi connectivity index (χ1v) is 5.89. The van der Waals surface area contributed by atoms with E-state index in [-0.39, 0.29) is 13.0 Å². The van der Waals surface area contributed by atoms with E-state index in [1.165, 1.54) is 0 Å². The number of rotatable bonds is 3. The molecule has 0 aromatic carbocycles. The summed E-state index contributed by atoms with van der Waals surface area (Å²) in [6, 6.07) is -0.609. The van der Waals surface area contributed by atoms with Crippen LogP contribution < -0.4 is 5.32 Å². The van der Waals surface area contributed by atoms with Gasteiger partial charge in [0.15, 0.2) is 0 Å². The topological polar surface area (TPSA) is 55.4 Å². The molecule has 0 heterocycles. The van der Waals surface area contributed by atoms with Gasteiger partial charge in [-0.3, -0.25) is 9.59 Å². The van der Waals surface area contributed by atoms with E-state index in [2.05, 4.69) is 0 Å². The molecule has 1 fully saturated rings. The van der Waals surface area contributed by atoms with Gasteiger partial charge in [-0.1, -0.05) is 6.42 Å². The van der Waals surface area contributed by atoms with Crippen LogP contribution in [-0.2, 0) is 14.3 Å². The highest BCUT2D eigenvalue weighted by atomic mass is 19.4. The Bertz CT molecular complexity index is 317. The second-order valence-corrected chi connectivity index (χ2v) is 4.28. The molecule has 4 nitrogen and oxygen atoms in total. The number of ether oxygens (including phenoxy) is 1. The van der Waals surface area contributed by atoms with Crippen molar-refractivity contribution >= 4 is 11.9 Å². The Hall–Kier alpha value is -1.27. The molecule has 18 heavy (non-hydrogen) atoms. The zero-order valence-corrected chi connectivity index (χ0v) is 10.0. The van der Waals surface area contributed by atoms with Crippen molar-refractivity contribution < 1.29 is 27.5 Å². The van der Waals surface area contributed by atoms with E-state index in [9.17, 15) is 22.8 Å². The van der Waals surface area contributed by atoms with E-state index in [1.807, 2.05) is 5.32 Å². The third-order valence-corrected chi connectivity index (χ3v) is 2.89.